The predicted octanol–water partition coefficient (Wildman–Crippen LogP) is 2.47. The second-order valence-electron chi connectivity index (χ2n) is 5.19. The van der Waals surface area contributed by atoms with Gasteiger partial charge >= 0.3 is 0 Å². The Labute approximate surface area is 134 Å². The zero-order valence-electron chi connectivity index (χ0n) is 12.2. The van der Waals surface area contributed by atoms with Gasteiger partial charge in [-0.2, -0.15) is 0 Å². The maximum absolute atomic E-state index is 12.1. The van der Waals surface area contributed by atoms with Gasteiger partial charge in [-0.05, 0) is 25.0 Å². The molecule has 5 nitrogen and oxygen atoms in total. The lowest BCUT2D eigenvalue weighted by Gasteiger charge is -2.15. The number of halogens is 2. The van der Waals surface area contributed by atoms with Crippen LogP contribution in [0.1, 0.15) is 31.1 Å². The number of hydrogen-bond donors (Lipinski definition) is 3. The van der Waals surface area contributed by atoms with Crippen molar-refractivity contribution in [3.8, 4) is 0 Å². The van der Waals surface area contributed by atoms with Gasteiger partial charge in [-0.25, -0.2) is 0 Å². The van der Waals surface area contributed by atoms with E-state index in [4.69, 9.17) is 28.9 Å². The van der Waals surface area contributed by atoms with Gasteiger partial charge in [0.1, 0.15) is 6.04 Å². The summed E-state index contributed by atoms with van der Waals surface area (Å²) in [6.07, 6.45) is 0. The van der Waals surface area contributed by atoms with Crippen LogP contribution < -0.4 is 16.4 Å². The monoisotopic (exact) mass is 331 g/mol. The summed E-state index contributed by atoms with van der Waals surface area (Å²) in [5, 5.41) is 5.73. The Hall–Kier alpha value is -1.46. The fourth-order valence-electron chi connectivity index (χ4n) is 1.52. The molecule has 21 heavy (non-hydrogen) atoms. The van der Waals surface area contributed by atoms with Crippen molar-refractivity contribution in [2.45, 2.75) is 26.8 Å². The topological polar surface area (TPSA) is 84.2 Å². The maximum atomic E-state index is 12.1. The van der Waals surface area contributed by atoms with Crippen molar-refractivity contribution in [1.82, 2.24) is 10.6 Å². The van der Waals surface area contributed by atoms with Crippen molar-refractivity contribution in [3.63, 3.8) is 0 Å². The zero-order valence-corrected chi connectivity index (χ0v) is 13.7. The predicted molar refractivity (Wildman–Crippen MR) is 85.7 cm³/mol. The Morgan fingerprint density at radius 1 is 1.19 bits per heavy atom. The second kappa shape index (κ2) is 7.52. The van der Waals surface area contributed by atoms with Gasteiger partial charge in [0.25, 0.3) is 5.91 Å². The molecule has 0 heterocycles. The summed E-state index contributed by atoms with van der Waals surface area (Å²) in [6.45, 7) is 6.14. The summed E-state index contributed by atoms with van der Waals surface area (Å²) in [5.41, 5.74) is 6.08. The van der Waals surface area contributed by atoms with Gasteiger partial charge in [0.15, 0.2) is 0 Å². The smallest absolute Gasteiger partial charge is 0.252 e. The van der Waals surface area contributed by atoms with Crippen LogP contribution in [0.25, 0.3) is 0 Å². The molecule has 0 aromatic heterocycles. The largest absolute Gasteiger partial charge is 0.396 e. The van der Waals surface area contributed by atoms with Gasteiger partial charge in [-0.15, -0.1) is 0 Å². The van der Waals surface area contributed by atoms with Crippen molar-refractivity contribution in [3.05, 3.63) is 27.7 Å². The molecular weight excluding hydrogens is 313 g/mol. The van der Waals surface area contributed by atoms with Gasteiger partial charge in [-0.3, -0.25) is 9.59 Å². The number of nitrogen functional groups attached to an aromatic ring is 1. The molecule has 0 bridgehead atoms. The number of amides is 2. The highest BCUT2D eigenvalue weighted by Gasteiger charge is 2.18. The average Bonchev–Trinajstić information content (AvgIpc) is 2.41. The third-order valence-corrected chi connectivity index (χ3v) is 3.39. The van der Waals surface area contributed by atoms with E-state index in [1.165, 1.54) is 12.1 Å². The molecule has 7 heteroatoms. The van der Waals surface area contributed by atoms with E-state index in [9.17, 15) is 9.59 Å². The minimum Gasteiger partial charge on any atom is -0.396 e. The molecule has 0 aliphatic carbocycles. The number of hydrogen-bond acceptors (Lipinski definition) is 3. The van der Waals surface area contributed by atoms with E-state index in [2.05, 4.69) is 10.6 Å². The highest BCUT2D eigenvalue weighted by molar-refractivity contribution is 6.39. The van der Waals surface area contributed by atoms with E-state index in [0.717, 1.165) is 0 Å². The van der Waals surface area contributed by atoms with Crippen LogP contribution in [0.5, 0.6) is 0 Å². The lowest BCUT2D eigenvalue weighted by Crippen LogP contribution is -2.45. The molecule has 4 N–H and O–H groups in total. The summed E-state index contributed by atoms with van der Waals surface area (Å²) in [4.78, 5) is 23.9. The lowest BCUT2D eigenvalue weighted by atomic mass is 10.1. The van der Waals surface area contributed by atoms with Gasteiger partial charge in [-0.1, -0.05) is 37.0 Å². The fraction of sp³-hybridized carbons (Fsp3) is 0.429. The molecule has 0 radical (unpaired) electrons. The molecule has 1 aromatic rings. The zero-order chi connectivity index (χ0) is 16.2. The van der Waals surface area contributed by atoms with Crippen molar-refractivity contribution in [1.29, 1.82) is 0 Å². The summed E-state index contributed by atoms with van der Waals surface area (Å²) in [7, 11) is 0. The van der Waals surface area contributed by atoms with E-state index >= 15 is 0 Å². The van der Waals surface area contributed by atoms with Crippen LogP contribution in [0.2, 0.25) is 10.0 Å². The Bertz CT molecular complexity index is 524. The van der Waals surface area contributed by atoms with E-state index in [-0.39, 0.29) is 27.2 Å². The summed E-state index contributed by atoms with van der Waals surface area (Å²) < 4.78 is 0. The third kappa shape index (κ3) is 5.10. The average molecular weight is 332 g/mol. The Morgan fingerprint density at radius 3 is 2.19 bits per heavy atom. The van der Waals surface area contributed by atoms with E-state index in [1.807, 2.05) is 13.8 Å². The first-order valence-electron chi connectivity index (χ1n) is 6.55. The molecule has 2 amide bonds. The molecule has 1 rings (SSSR count). The van der Waals surface area contributed by atoms with E-state index in [0.29, 0.717) is 12.5 Å². The molecule has 1 aromatic carbocycles. The van der Waals surface area contributed by atoms with Crippen LogP contribution in [0.4, 0.5) is 5.69 Å². The van der Waals surface area contributed by atoms with Crippen molar-refractivity contribution in [2.75, 3.05) is 12.3 Å². The molecule has 0 aliphatic heterocycles. The summed E-state index contributed by atoms with van der Waals surface area (Å²) >= 11 is 11.8. The first kappa shape index (κ1) is 17.6. The molecule has 116 valence electrons. The minimum atomic E-state index is -0.661. The molecule has 0 aliphatic rings. The minimum absolute atomic E-state index is 0.199. The first-order valence-corrected chi connectivity index (χ1v) is 7.31. The number of carbonyl (C=O) groups excluding carboxylic acids is 2. The van der Waals surface area contributed by atoms with Crippen LogP contribution in [0.15, 0.2) is 12.1 Å². The standard InChI is InChI=1S/C14H19Cl2N3O2/c1-7(2)6-18-13(20)8(3)19-14(21)9-4-10(15)12(17)11(16)5-9/h4-5,7-8H,6,17H2,1-3H3,(H,18,20)(H,19,21). The van der Waals surface area contributed by atoms with Crippen LogP contribution in [-0.4, -0.2) is 24.4 Å². The Morgan fingerprint density at radius 2 is 1.71 bits per heavy atom. The normalized spacial score (nSPS) is 12.1. The van der Waals surface area contributed by atoms with E-state index in [1.54, 1.807) is 6.92 Å². The number of anilines is 1. The SMILES string of the molecule is CC(C)CNC(=O)C(C)NC(=O)c1cc(Cl)c(N)c(Cl)c1. The Kier molecular flexibility index (Phi) is 6.30. The first-order chi connectivity index (χ1) is 9.72. The van der Waals surface area contributed by atoms with Crippen LogP contribution in [0, 0.1) is 5.92 Å². The van der Waals surface area contributed by atoms with Gasteiger partial charge < -0.3 is 16.4 Å². The molecule has 0 saturated carbocycles. The van der Waals surface area contributed by atoms with Crippen molar-refractivity contribution in [2.24, 2.45) is 5.92 Å². The number of benzene rings is 1. The molecule has 1 unspecified atom stereocenters. The molecule has 0 saturated heterocycles. The number of nitrogens with two attached hydrogens (primary N) is 1. The third-order valence-electron chi connectivity index (χ3n) is 2.77. The number of nitrogens with one attached hydrogen (secondary N) is 2. The molecule has 0 fully saturated rings. The van der Waals surface area contributed by atoms with E-state index < -0.39 is 11.9 Å². The van der Waals surface area contributed by atoms with Crippen molar-refractivity contribution >= 4 is 40.7 Å². The lowest BCUT2D eigenvalue weighted by molar-refractivity contribution is -0.122. The molecule has 1 atom stereocenters. The Balaban J connectivity index is 2.70. The van der Waals surface area contributed by atoms with Crippen LogP contribution >= 0.6 is 23.2 Å². The van der Waals surface area contributed by atoms with Gasteiger partial charge in [0, 0.05) is 12.1 Å². The quantitative estimate of drug-likeness (QED) is 0.724. The highest BCUT2D eigenvalue weighted by atomic mass is 35.5. The summed E-state index contributed by atoms with van der Waals surface area (Å²) in [5.74, 6) is -0.345. The molecule has 0 spiro atoms. The maximum Gasteiger partial charge on any atom is 0.252 e. The van der Waals surface area contributed by atoms with Crippen LogP contribution in [-0.2, 0) is 4.79 Å². The highest BCUT2D eigenvalue weighted by Crippen LogP contribution is 2.28. The van der Waals surface area contributed by atoms with Gasteiger partial charge in [0.05, 0.1) is 15.7 Å². The summed E-state index contributed by atoms with van der Waals surface area (Å²) in [6, 6.07) is 2.17. The second-order valence-corrected chi connectivity index (χ2v) is 6.00. The number of carbonyl (C=O) groups is 2. The van der Waals surface area contributed by atoms with Crippen LogP contribution in [0.3, 0.4) is 0 Å². The van der Waals surface area contributed by atoms with Gasteiger partial charge in [0.2, 0.25) is 5.91 Å². The van der Waals surface area contributed by atoms with Crippen molar-refractivity contribution < 1.29 is 9.59 Å². The molecular formula is C14H19Cl2N3O2. The number of rotatable bonds is 5. The fourth-order valence-corrected chi connectivity index (χ4v) is 2.01.